The molecule has 1 rings (SSSR count). The van der Waals surface area contributed by atoms with Crippen LogP contribution >= 0.6 is 0 Å². The van der Waals surface area contributed by atoms with Crippen LogP contribution in [0.2, 0.25) is 0 Å². The summed E-state index contributed by atoms with van der Waals surface area (Å²) in [6.45, 7) is 2.30. The summed E-state index contributed by atoms with van der Waals surface area (Å²) in [4.78, 5) is -0.184. The summed E-state index contributed by atoms with van der Waals surface area (Å²) in [5, 5.41) is 0. The molecule has 0 aliphatic rings. The van der Waals surface area contributed by atoms with Gasteiger partial charge in [0.2, 0.25) is 0 Å². The lowest BCUT2D eigenvalue weighted by Crippen LogP contribution is -1.98. The van der Waals surface area contributed by atoms with Crippen molar-refractivity contribution in [3.05, 3.63) is 24.3 Å². The van der Waals surface area contributed by atoms with Gasteiger partial charge in [0.05, 0.1) is 11.5 Å². The van der Waals surface area contributed by atoms with E-state index in [-0.39, 0.29) is 4.90 Å². The van der Waals surface area contributed by atoms with E-state index >= 15 is 0 Å². The Morgan fingerprint density at radius 2 is 2.23 bits per heavy atom. The lowest BCUT2D eigenvalue weighted by atomic mass is 10.3. The maximum absolute atomic E-state index is 10.6. The van der Waals surface area contributed by atoms with E-state index in [1.54, 1.807) is 0 Å². The summed E-state index contributed by atoms with van der Waals surface area (Å²) in [6.07, 6.45) is 0. The molecule has 13 heavy (non-hydrogen) atoms. The molecule has 0 unspecified atom stereocenters. The van der Waals surface area contributed by atoms with Gasteiger partial charge in [0, 0.05) is 6.07 Å². The molecule has 5 heteroatoms. The van der Waals surface area contributed by atoms with E-state index in [0.29, 0.717) is 12.4 Å². The molecule has 0 aliphatic carbocycles. The molecule has 0 fully saturated rings. The third-order valence-corrected chi connectivity index (χ3v) is 2.20. The van der Waals surface area contributed by atoms with Crippen molar-refractivity contribution in [1.82, 2.24) is 0 Å². The highest BCUT2D eigenvalue weighted by Crippen LogP contribution is 2.14. The van der Waals surface area contributed by atoms with Gasteiger partial charge in [-0.3, -0.25) is 4.55 Å². The number of rotatable bonds is 3. The fourth-order valence-corrected chi connectivity index (χ4v) is 1.25. The Labute approximate surface area is 76.9 Å². The predicted octanol–water partition coefficient (Wildman–Crippen LogP) is 1.13. The van der Waals surface area contributed by atoms with E-state index in [1.165, 1.54) is 18.2 Å². The van der Waals surface area contributed by atoms with Crippen LogP contribution in [-0.2, 0) is 10.1 Å². The maximum Gasteiger partial charge on any atom is 0.294 e. The molecular weight excluding hydrogens is 192 g/mol. The third-order valence-electron chi connectivity index (χ3n) is 1.35. The summed E-state index contributed by atoms with van der Waals surface area (Å²) < 4.78 is 34.9. The van der Waals surface area contributed by atoms with Crippen LogP contribution in [0.4, 0.5) is 0 Å². The van der Waals surface area contributed by atoms with E-state index in [1.807, 2.05) is 6.92 Å². The normalized spacial score (nSPS) is 11.2. The fraction of sp³-hybridized carbons (Fsp3) is 0.250. The van der Waals surface area contributed by atoms with Crippen LogP contribution in [0.15, 0.2) is 23.1 Å². The van der Waals surface area contributed by atoms with E-state index in [0.717, 1.165) is 0 Å². The first-order valence-electron chi connectivity index (χ1n) is 3.66. The van der Waals surface area contributed by atoms with Gasteiger partial charge in [-0.1, -0.05) is 0 Å². The van der Waals surface area contributed by atoms with Crippen molar-refractivity contribution in [3.8, 4) is 5.75 Å². The molecule has 1 N–H and O–H groups in total. The average molecular weight is 201 g/mol. The highest BCUT2D eigenvalue weighted by Gasteiger charge is 2.08. The Kier molecular flexibility index (Phi) is 2.90. The molecule has 4 nitrogen and oxygen atoms in total. The van der Waals surface area contributed by atoms with Gasteiger partial charge in [0.25, 0.3) is 10.1 Å². The summed E-state index contributed by atoms with van der Waals surface area (Å²) in [7, 11) is -4.12. The van der Waals surface area contributed by atoms with Gasteiger partial charge in [-0.2, -0.15) is 8.42 Å². The van der Waals surface area contributed by atoms with Gasteiger partial charge >= 0.3 is 0 Å². The molecule has 1 aromatic carbocycles. The summed E-state index contributed by atoms with van der Waals surface area (Å²) in [6, 6.07) is 6.45. The van der Waals surface area contributed by atoms with Gasteiger partial charge in [-0.25, -0.2) is 0 Å². The monoisotopic (exact) mass is 201 g/mol. The lowest BCUT2D eigenvalue weighted by molar-refractivity contribution is 0.339. The summed E-state index contributed by atoms with van der Waals surface area (Å²) in [5.41, 5.74) is 0. The lowest BCUT2D eigenvalue weighted by Gasteiger charge is -2.01. The predicted molar refractivity (Wildman–Crippen MR) is 46.3 cm³/mol. The minimum absolute atomic E-state index is 0.184. The largest absolute Gasteiger partial charge is 0.493 e. The first-order valence-corrected chi connectivity index (χ1v) is 5.10. The summed E-state index contributed by atoms with van der Waals surface area (Å²) >= 11 is 0. The van der Waals surface area contributed by atoms with Crippen LogP contribution in [0, 0.1) is 6.07 Å². The SMILES string of the molecule is CCOc1[c]cc(S(=O)(=O)O)cc1. The van der Waals surface area contributed by atoms with Gasteiger partial charge in [0.1, 0.15) is 5.75 Å². The Bertz CT molecular complexity index is 366. The van der Waals surface area contributed by atoms with Crippen molar-refractivity contribution in [2.75, 3.05) is 6.61 Å². The minimum atomic E-state index is -4.12. The zero-order chi connectivity index (χ0) is 9.90. The quantitative estimate of drug-likeness (QED) is 0.744. The molecule has 0 aliphatic heterocycles. The van der Waals surface area contributed by atoms with Crippen LogP contribution in [0.3, 0.4) is 0 Å². The van der Waals surface area contributed by atoms with Crippen molar-refractivity contribution in [1.29, 1.82) is 0 Å². The topological polar surface area (TPSA) is 63.6 Å². The highest BCUT2D eigenvalue weighted by molar-refractivity contribution is 7.85. The number of benzene rings is 1. The first kappa shape index (κ1) is 10.0. The van der Waals surface area contributed by atoms with Gasteiger partial charge in [0.15, 0.2) is 0 Å². The zero-order valence-electron chi connectivity index (χ0n) is 7.02. The fourth-order valence-electron chi connectivity index (χ4n) is 0.802. The number of hydrogen-bond donors (Lipinski definition) is 1. The molecule has 0 bridgehead atoms. The standard InChI is InChI=1S/C8H9O4S/c1-2-12-7-3-5-8(6-4-7)13(9,10)11/h3,5-6H,2H2,1H3,(H,9,10,11). The molecule has 0 amide bonds. The van der Waals surface area contributed by atoms with Crippen LogP contribution in [0.5, 0.6) is 5.75 Å². The smallest absolute Gasteiger partial charge is 0.294 e. The zero-order valence-corrected chi connectivity index (χ0v) is 7.84. The molecule has 1 radical (unpaired) electrons. The Balaban J connectivity index is 2.94. The molecule has 1 aromatic rings. The molecule has 0 saturated heterocycles. The molecule has 0 saturated carbocycles. The van der Waals surface area contributed by atoms with Gasteiger partial charge < -0.3 is 4.74 Å². The van der Waals surface area contributed by atoms with E-state index < -0.39 is 10.1 Å². The Morgan fingerprint density at radius 3 is 2.62 bits per heavy atom. The van der Waals surface area contributed by atoms with Crippen LogP contribution in [0.1, 0.15) is 6.92 Å². The molecule has 0 aromatic heterocycles. The average Bonchev–Trinajstić information content (AvgIpc) is 2.04. The van der Waals surface area contributed by atoms with Crippen molar-refractivity contribution < 1.29 is 17.7 Å². The maximum atomic E-state index is 10.6. The van der Waals surface area contributed by atoms with Crippen molar-refractivity contribution in [3.63, 3.8) is 0 Å². The van der Waals surface area contributed by atoms with Crippen molar-refractivity contribution >= 4 is 10.1 Å². The van der Waals surface area contributed by atoms with Gasteiger partial charge in [-0.05, 0) is 25.1 Å². The Morgan fingerprint density at radius 1 is 1.54 bits per heavy atom. The van der Waals surface area contributed by atoms with Crippen LogP contribution < -0.4 is 4.74 Å². The van der Waals surface area contributed by atoms with E-state index in [2.05, 4.69) is 6.07 Å². The Hall–Kier alpha value is -1.07. The van der Waals surface area contributed by atoms with Crippen molar-refractivity contribution in [2.45, 2.75) is 11.8 Å². The molecule has 0 spiro atoms. The number of ether oxygens (including phenoxy) is 1. The molecule has 0 atom stereocenters. The minimum Gasteiger partial charge on any atom is -0.493 e. The number of hydrogen-bond acceptors (Lipinski definition) is 3. The molecule has 71 valence electrons. The first-order chi connectivity index (χ1) is 6.04. The van der Waals surface area contributed by atoms with Crippen molar-refractivity contribution in [2.24, 2.45) is 0 Å². The van der Waals surface area contributed by atoms with E-state index in [9.17, 15) is 8.42 Å². The molecular formula is C8H9O4S. The summed E-state index contributed by atoms with van der Waals surface area (Å²) in [5.74, 6) is 0.454. The second-order valence-corrected chi connectivity index (χ2v) is 3.72. The van der Waals surface area contributed by atoms with Crippen LogP contribution in [-0.4, -0.2) is 19.6 Å². The van der Waals surface area contributed by atoms with Crippen LogP contribution in [0.25, 0.3) is 0 Å². The second kappa shape index (κ2) is 3.76. The van der Waals surface area contributed by atoms with E-state index in [4.69, 9.17) is 9.29 Å². The molecule has 0 heterocycles. The third kappa shape index (κ3) is 2.71. The second-order valence-electron chi connectivity index (χ2n) is 2.30. The highest BCUT2D eigenvalue weighted by atomic mass is 32.2. The van der Waals surface area contributed by atoms with Gasteiger partial charge in [-0.15, -0.1) is 0 Å².